The van der Waals surface area contributed by atoms with E-state index in [-0.39, 0.29) is 23.6 Å². The Morgan fingerprint density at radius 2 is 1.88 bits per heavy atom. The molecule has 2 aromatic rings. The zero-order chi connectivity index (χ0) is 23.3. The number of aromatic nitrogens is 1. The van der Waals surface area contributed by atoms with Crippen molar-refractivity contribution >= 4 is 29.4 Å². The van der Waals surface area contributed by atoms with Crippen LogP contribution in [0.1, 0.15) is 40.8 Å². The van der Waals surface area contributed by atoms with E-state index >= 15 is 0 Å². The van der Waals surface area contributed by atoms with Gasteiger partial charge in [0.25, 0.3) is 0 Å². The van der Waals surface area contributed by atoms with Gasteiger partial charge in [-0.25, -0.2) is 4.98 Å². The van der Waals surface area contributed by atoms with E-state index in [1.165, 1.54) is 0 Å². The molecule has 3 rings (SSSR count). The highest BCUT2D eigenvalue weighted by Gasteiger charge is 2.28. The van der Waals surface area contributed by atoms with Gasteiger partial charge in [-0.05, 0) is 24.0 Å². The minimum absolute atomic E-state index is 0.0413. The molecule has 1 atom stereocenters. The molecule has 32 heavy (non-hydrogen) atoms. The van der Waals surface area contributed by atoms with Crippen LogP contribution in [0.25, 0.3) is 0 Å². The molecule has 0 spiro atoms. The predicted octanol–water partition coefficient (Wildman–Crippen LogP) is 2.37. The van der Waals surface area contributed by atoms with Crippen LogP contribution in [0, 0.1) is 22.7 Å². The Labute approximate surface area is 191 Å². The number of rotatable bonds is 8. The number of benzene rings is 1. The normalized spacial score (nSPS) is 13.4. The first-order chi connectivity index (χ1) is 15.4. The quantitative estimate of drug-likeness (QED) is 0.614. The van der Waals surface area contributed by atoms with E-state index in [1.807, 2.05) is 13.0 Å². The number of thioether (sulfide) groups is 1. The van der Waals surface area contributed by atoms with Crippen LogP contribution in [0.2, 0.25) is 0 Å². The SMILES string of the molecule is CCc1c(C#N)c(SC(C(N)=O)c2ccccc2)nc(N(C)CC(=O)N2CCC2)c1C#N. The van der Waals surface area contributed by atoms with Crippen LogP contribution in [0.4, 0.5) is 5.82 Å². The van der Waals surface area contributed by atoms with Gasteiger partial charge in [-0.3, -0.25) is 9.59 Å². The van der Waals surface area contributed by atoms with Crippen LogP contribution in [0.5, 0.6) is 0 Å². The van der Waals surface area contributed by atoms with Crippen LogP contribution in [0.3, 0.4) is 0 Å². The molecule has 8 nitrogen and oxygen atoms in total. The van der Waals surface area contributed by atoms with Gasteiger partial charge in [-0.1, -0.05) is 49.0 Å². The van der Waals surface area contributed by atoms with Gasteiger partial charge in [0.05, 0.1) is 17.7 Å². The zero-order valence-corrected chi connectivity index (χ0v) is 18.9. The number of likely N-dealkylation sites (tertiary alicyclic amines) is 1. The van der Waals surface area contributed by atoms with Gasteiger partial charge >= 0.3 is 0 Å². The Kier molecular flexibility index (Phi) is 7.34. The van der Waals surface area contributed by atoms with Crippen molar-refractivity contribution in [2.24, 2.45) is 5.73 Å². The number of hydrogen-bond donors (Lipinski definition) is 1. The number of nitrogens with zero attached hydrogens (tertiary/aromatic N) is 5. The summed E-state index contributed by atoms with van der Waals surface area (Å²) in [7, 11) is 1.70. The van der Waals surface area contributed by atoms with E-state index in [0.29, 0.717) is 28.4 Å². The van der Waals surface area contributed by atoms with Crippen LogP contribution >= 0.6 is 11.8 Å². The predicted molar refractivity (Wildman–Crippen MR) is 122 cm³/mol. The molecule has 2 amide bonds. The van der Waals surface area contributed by atoms with Crippen molar-refractivity contribution in [2.45, 2.75) is 30.0 Å². The second-order valence-electron chi connectivity index (χ2n) is 7.45. The number of amides is 2. The van der Waals surface area contributed by atoms with Gasteiger partial charge in [0.1, 0.15) is 28.2 Å². The minimum Gasteiger partial charge on any atom is -0.368 e. The average molecular weight is 449 g/mol. The summed E-state index contributed by atoms with van der Waals surface area (Å²) in [4.78, 5) is 32.7. The molecule has 1 fully saturated rings. The molecule has 0 aliphatic carbocycles. The number of pyridine rings is 1. The largest absolute Gasteiger partial charge is 0.368 e. The molecule has 2 N–H and O–H groups in total. The van der Waals surface area contributed by atoms with Crippen LogP contribution in [0.15, 0.2) is 35.4 Å². The molecule has 1 aromatic carbocycles. The molecule has 1 saturated heterocycles. The molecular formula is C23H24N6O2S. The third kappa shape index (κ3) is 4.68. The molecule has 2 heterocycles. The van der Waals surface area contributed by atoms with E-state index in [1.54, 1.807) is 41.1 Å². The highest BCUT2D eigenvalue weighted by molar-refractivity contribution is 8.00. The number of hydrogen-bond acceptors (Lipinski definition) is 7. The fourth-order valence-corrected chi connectivity index (χ4v) is 4.58. The lowest BCUT2D eigenvalue weighted by atomic mass is 10.0. The lowest BCUT2D eigenvalue weighted by molar-refractivity contribution is -0.133. The summed E-state index contributed by atoms with van der Waals surface area (Å²) in [5, 5.41) is 19.3. The highest BCUT2D eigenvalue weighted by Crippen LogP contribution is 2.39. The van der Waals surface area contributed by atoms with Crippen molar-refractivity contribution in [2.75, 3.05) is 31.6 Å². The van der Waals surface area contributed by atoms with Crippen molar-refractivity contribution in [1.82, 2.24) is 9.88 Å². The Morgan fingerprint density at radius 3 is 2.38 bits per heavy atom. The summed E-state index contributed by atoms with van der Waals surface area (Å²) in [6.45, 7) is 3.39. The van der Waals surface area contributed by atoms with E-state index in [2.05, 4.69) is 17.1 Å². The molecule has 1 aliphatic heterocycles. The summed E-state index contributed by atoms with van der Waals surface area (Å²) in [5.41, 5.74) is 7.43. The smallest absolute Gasteiger partial charge is 0.242 e. The van der Waals surface area contributed by atoms with E-state index in [9.17, 15) is 20.1 Å². The van der Waals surface area contributed by atoms with Crippen molar-refractivity contribution in [3.05, 3.63) is 52.6 Å². The topological polar surface area (TPSA) is 127 Å². The molecule has 1 unspecified atom stereocenters. The average Bonchev–Trinajstić information content (AvgIpc) is 2.75. The second-order valence-corrected chi connectivity index (χ2v) is 8.54. The van der Waals surface area contributed by atoms with E-state index in [4.69, 9.17) is 5.73 Å². The number of anilines is 1. The monoisotopic (exact) mass is 448 g/mol. The van der Waals surface area contributed by atoms with Crippen molar-refractivity contribution in [1.29, 1.82) is 10.5 Å². The highest BCUT2D eigenvalue weighted by atomic mass is 32.2. The Morgan fingerprint density at radius 1 is 1.22 bits per heavy atom. The lowest BCUT2D eigenvalue weighted by Crippen LogP contribution is -2.46. The maximum atomic E-state index is 12.5. The molecule has 0 saturated carbocycles. The Balaban J connectivity index is 2.06. The summed E-state index contributed by atoms with van der Waals surface area (Å²) in [6.07, 6.45) is 1.41. The number of nitrogens with two attached hydrogens (primary N) is 1. The molecular weight excluding hydrogens is 424 g/mol. The first-order valence-electron chi connectivity index (χ1n) is 10.3. The minimum atomic E-state index is -0.755. The third-order valence-electron chi connectivity index (χ3n) is 5.36. The number of likely N-dealkylation sites (N-methyl/N-ethyl adjacent to an activating group) is 1. The third-order valence-corrected chi connectivity index (χ3v) is 6.62. The maximum Gasteiger partial charge on any atom is 0.242 e. The van der Waals surface area contributed by atoms with Gasteiger partial charge in [0.15, 0.2) is 0 Å². The van der Waals surface area contributed by atoms with Crippen molar-refractivity contribution in [3.8, 4) is 12.1 Å². The standard InChI is InChI=1S/C23H24N6O2S/c1-3-16-17(12-24)22(28(2)14-19(30)29-10-7-11-29)27-23(18(16)13-25)32-20(21(26)31)15-8-5-4-6-9-15/h4-6,8-9,20H,3,7,10-11,14H2,1-2H3,(H2,26,31). The molecule has 1 aliphatic rings. The summed E-state index contributed by atoms with van der Waals surface area (Å²) < 4.78 is 0. The maximum absolute atomic E-state index is 12.5. The van der Waals surface area contributed by atoms with Gasteiger partial charge in [-0.2, -0.15) is 10.5 Å². The number of primary amides is 1. The Hall–Kier alpha value is -3.56. The van der Waals surface area contributed by atoms with Crippen molar-refractivity contribution < 1.29 is 9.59 Å². The van der Waals surface area contributed by atoms with Gasteiger partial charge in [-0.15, -0.1) is 0 Å². The van der Waals surface area contributed by atoms with Gasteiger partial charge < -0.3 is 15.5 Å². The second kappa shape index (κ2) is 10.2. The Bertz CT molecular complexity index is 1100. The summed E-state index contributed by atoms with van der Waals surface area (Å²) >= 11 is 1.08. The fraction of sp³-hybridized carbons (Fsp3) is 0.348. The molecule has 164 valence electrons. The van der Waals surface area contributed by atoms with Crippen molar-refractivity contribution in [3.63, 3.8) is 0 Å². The van der Waals surface area contributed by atoms with Crippen LogP contribution < -0.4 is 10.6 Å². The summed E-state index contributed by atoms with van der Waals surface area (Å²) in [5.74, 6) is -0.284. The van der Waals surface area contributed by atoms with Crippen LogP contribution in [-0.2, 0) is 16.0 Å². The molecule has 9 heteroatoms. The summed E-state index contributed by atoms with van der Waals surface area (Å²) in [6, 6.07) is 13.3. The lowest BCUT2D eigenvalue weighted by Gasteiger charge is -2.33. The molecule has 0 radical (unpaired) electrons. The number of carbonyl (C=O) groups is 2. The van der Waals surface area contributed by atoms with Gasteiger partial charge in [0.2, 0.25) is 11.8 Å². The first kappa shape index (κ1) is 23.1. The fourth-order valence-electron chi connectivity index (χ4n) is 3.52. The van der Waals surface area contributed by atoms with Crippen LogP contribution in [-0.4, -0.2) is 48.4 Å². The zero-order valence-electron chi connectivity index (χ0n) is 18.0. The van der Waals surface area contributed by atoms with E-state index in [0.717, 1.165) is 31.3 Å². The molecule has 1 aromatic heterocycles. The number of carbonyl (C=O) groups excluding carboxylic acids is 2. The molecule has 0 bridgehead atoms. The number of nitriles is 2. The van der Waals surface area contributed by atoms with E-state index < -0.39 is 11.2 Å². The van der Waals surface area contributed by atoms with Gasteiger partial charge in [0, 0.05) is 20.1 Å². The first-order valence-corrected chi connectivity index (χ1v) is 11.2.